The maximum Gasteiger partial charge on any atom is 0.312 e. The molecule has 0 atom stereocenters. The largest absolute Gasteiger partial charge is 0.463 e. The summed E-state index contributed by atoms with van der Waals surface area (Å²) in [6, 6.07) is 3.35. The third-order valence-corrected chi connectivity index (χ3v) is 6.43. The molecule has 4 aliphatic carbocycles. The second-order valence-corrected chi connectivity index (χ2v) is 9.35. The summed E-state index contributed by atoms with van der Waals surface area (Å²) in [5.74, 6) is 1.93. The SMILES string of the molecule is CC(C)(COC(=O)C12CC3CC(CC(C3)C1)C2)NC(=O)c1ccncc1.Cl. The summed E-state index contributed by atoms with van der Waals surface area (Å²) in [6.45, 7) is 3.97. The molecule has 1 aromatic rings. The molecule has 27 heavy (non-hydrogen) atoms. The molecule has 0 radical (unpaired) electrons. The molecule has 4 fully saturated rings. The van der Waals surface area contributed by atoms with Gasteiger partial charge in [0.25, 0.3) is 5.91 Å². The summed E-state index contributed by atoms with van der Waals surface area (Å²) in [4.78, 5) is 29.2. The Labute approximate surface area is 167 Å². The summed E-state index contributed by atoms with van der Waals surface area (Å²) in [6.07, 6.45) is 10.1. The van der Waals surface area contributed by atoms with E-state index in [9.17, 15) is 9.59 Å². The minimum Gasteiger partial charge on any atom is -0.463 e. The van der Waals surface area contributed by atoms with E-state index in [1.807, 2.05) is 13.8 Å². The van der Waals surface area contributed by atoms with Crippen LogP contribution in [0, 0.1) is 23.2 Å². The lowest BCUT2D eigenvalue weighted by molar-refractivity contribution is -0.173. The number of halogens is 1. The van der Waals surface area contributed by atoms with Crippen LogP contribution in [-0.2, 0) is 9.53 Å². The van der Waals surface area contributed by atoms with Crippen LogP contribution in [0.15, 0.2) is 24.5 Å². The number of carbonyl (C=O) groups is 2. The first-order valence-corrected chi connectivity index (χ1v) is 9.75. The number of ether oxygens (including phenoxy) is 1. The predicted octanol–water partition coefficient (Wildman–Crippen LogP) is 3.77. The van der Waals surface area contributed by atoms with Crippen LogP contribution in [0.25, 0.3) is 0 Å². The number of aromatic nitrogens is 1. The first kappa shape index (κ1) is 20.1. The van der Waals surface area contributed by atoms with Gasteiger partial charge in [-0.05, 0) is 82.3 Å². The quantitative estimate of drug-likeness (QED) is 0.774. The van der Waals surface area contributed by atoms with Crippen molar-refractivity contribution in [2.24, 2.45) is 23.2 Å². The van der Waals surface area contributed by atoms with Gasteiger partial charge in [-0.25, -0.2) is 0 Å². The van der Waals surface area contributed by atoms with E-state index in [0.717, 1.165) is 19.3 Å². The highest BCUT2D eigenvalue weighted by Gasteiger charge is 2.55. The average Bonchev–Trinajstić information content (AvgIpc) is 2.59. The summed E-state index contributed by atoms with van der Waals surface area (Å²) < 4.78 is 5.76. The van der Waals surface area contributed by atoms with E-state index in [1.165, 1.54) is 19.3 Å². The Balaban J connectivity index is 0.00000210. The van der Waals surface area contributed by atoms with Crippen LogP contribution in [0.3, 0.4) is 0 Å². The molecular weight excluding hydrogens is 364 g/mol. The van der Waals surface area contributed by atoms with Gasteiger partial charge in [0.15, 0.2) is 0 Å². The van der Waals surface area contributed by atoms with Gasteiger partial charge in [-0.1, -0.05) is 0 Å². The topological polar surface area (TPSA) is 68.3 Å². The maximum absolute atomic E-state index is 13.0. The Hall–Kier alpha value is -1.62. The minimum atomic E-state index is -0.613. The van der Waals surface area contributed by atoms with Crippen LogP contribution in [0.5, 0.6) is 0 Å². The number of nitrogens with one attached hydrogen (secondary N) is 1. The van der Waals surface area contributed by atoms with Crippen molar-refractivity contribution in [1.82, 2.24) is 10.3 Å². The number of nitrogens with zero attached hydrogens (tertiary/aromatic N) is 1. The summed E-state index contributed by atoms with van der Waals surface area (Å²) in [7, 11) is 0. The number of rotatable bonds is 5. The molecule has 148 valence electrons. The molecule has 5 rings (SSSR count). The van der Waals surface area contributed by atoms with Crippen molar-refractivity contribution in [3.05, 3.63) is 30.1 Å². The Morgan fingerprint density at radius 2 is 1.63 bits per heavy atom. The van der Waals surface area contributed by atoms with Gasteiger partial charge in [0.05, 0.1) is 11.0 Å². The van der Waals surface area contributed by atoms with Crippen molar-refractivity contribution in [2.75, 3.05) is 6.61 Å². The van der Waals surface area contributed by atoms with E-state index < -0.39 is 5.54 Å². The fourth-order valence-electron chi connectivity index (χ4n) is 5.68. The van der Waals surface area contributed by atoms with E-state index >= 15 is 0 Å². The summed E-state index contributed by atoms with van der Waals surface area (Å²) in [5.41, 5.74) is -0.307. The Bertz CT molecular complexity index is 669. The number of carbonyl (C=O) groups excluding carboxylic acids is 2. The van der Waals surface area contributed by atoms with Crippen molar-refractivity contribution in [3.8, 4) is 0 Å². The molecule has 4 aliphatic rings. The molecule has 4 saturated carbocycles. The van der Waals surface area contributed by atoms with Crippen molar-refractivity contribution in [2.45, 2.75) is 57.9 Å². The van der Waals surface area contributed by atoms with Crippen LogP contribution in [0.4, 0.5) is 0 Å². The zero-order chi connectivity index (χ0) is 18.4. The molecule has 0 aromatic carbocycles. The molecule has 6 heteroatoms. The fourth-order valence-corrected chi connectivity index (χ4v) is 5.68. The number of esters is 1. The zero-order valence-corrected chi connectivity index (χ0v) is 16.9. The van der Waals surface area contributed by atoms with Crippen LogP contribution < -0.4 is 5.32 Å². The number of pyridine rings is 1. The Kier molecular flexibility index (Phi) is 5.53. The molecule has 1 aromatic heterocycles. The van der Waals surface area contributed by atoms with E-state index in [0.29, 0.717) is 23.3 Å². The monoisotopic (exact) mass is 392 g/mol. The highest BCUT2D eigenvalue weighted by molar-refractivity contribution is 5.94. The van der Waals surface area contributed by atoms with Gasteiger partial charge < -0.3 is 10.1 Å². The van der Waals surface area contributed by atoms with Crippen LogP contribution in [0.1, 0.15) is 62.7 Å². The maximum atomic E-state index is 13.0. The van der Waals surface area contributed by atoms with Gasteiger partial charge in [-0.2, -0.15) is 0 Å². The smallest absolute Gasteiger partial charge is 0.312 e. The van der Waals surface area contributed by atoms with Gasteiger partial charge in [-0.3, -0.25) is 14.6 Å². The molecule has 0 spiro atoms. The Morgan fingerprint density at radius 3 is 2.15 bits per heavy atom. The molecule has 5 nitrogen and oxygen atoms in total. The normalized spacial score (nSPS) is 31.1. The van der Waals surface area contributed by atoms with Gasteiger partial charge in [0.2, 0.25) is 0 Å². The summed E-state index contributed by atoms with van der Waals surface area (Å²) >= 11 is 0. The molecule has 1 amide bonds. The lowest BCUT2D eigenvalue weighted by atomic mass is 9.49. The third-order valence-electron chi connectivity index (χ3n) is 6.43. The van der Waals surface area contributed by atoms with Gasteiger partial charge in [-0.15, -0.1) is 12.4 Å². The molecule has 1 N–H and O–H groups in total. The average molecular weight is 393 g/mol. The van der Waals surface area contributed by atoms with E-state index in [4.69, 9.17) is 4.74 Å². The first-order valence-electron chi connectivity index (χ1n) is 9.75. The predicted molar refractivity (Wildman–Crippen MR) is 105 cm³/mol. The number of amides is 1. The van der Waals surface area contributed by atoms with Gasteiger partial charge in [0.1, 0.15) is 6.61 Å². The second-order valence-electron chi connectivity index (χ2n) is 9.35. The second kappa shape index (κ2) is 7.42. The lowest BCUT2D eigenvalue weighted by Gasteiger charge is -2.55. The van der Waals surface area contributed by atoms with Crippen LogP contribution >= 0.6 is 12.4 Å². The van der Waals surface area contributed by atoms with Crippen molar-refractivity contribution >= 4 is 24.3 Å². The van der Waals surface area contributed by atoms with Crippen LogP contribution in [0.2, 0.25) is 0 Å². The molecule has 0 unspecified atom stereocenters. The minimum absolute atomic E-state index is 0. The third kappa shape index (κ3) is 4.13. The standard InChI is InChI=1S/C21H28N2O3.ClH/c1-20(2,23-18(24)17-3-5-22-6-4-17)13-26-19(25)21-10-14-7-15(11-21)9-16(8-14)12-21;/h3-6,14-16H,7-13H2,1-2H3,(H,23,24);1H. The van der Waals surface area contributed by atoms with Crippen molar-refractivity contribution in [3.63, 3.8) is 0 Å². The molecular formula is C21H29ClN2O3. The van der Waals surface area contributed by atoms with E-state index in [2.05, 4.69) is 10.3 Å². The van der Waals surface area contributed by atoms with E-state index in [-0.39, 0.29) is 36.3 Å². The Morgan fingerprint density at radius 1 is 1.11 bits per heavy atom. The molecule has 4 bridgehead atoms. The summed E-state index contributed by atoms with van der Waals surface area (Å²) in [5, 5.41) is 2.96. The zero-order valence-electron chi connectivity index (χ0n) is 16.1. The first-order chi connectivity index (χ1) is 12.4. The molecule has 0 saturated heterocycles. The van der Waals surface area contributed by atoms with Crippen molar-refractivity contribution in [1.29, 1.82) is 0 Å². The lowest BCUT2D eigenvalue weighted by Crippen LogP contribution is -2.52. The highest BCUT2D eigenvalue weighted by atomic mass is 35.5. The van der Waals surface area contributed by atoms with Crippen molar-refractivity contribution < 1.29 is 14.3 Å². The number of hydrogen-bond acceptors (Lipinski definition) is 4. The molecule has 1 heterocycles. The highest BCUT2D eigenvalue weighted by Crippen LogP contribution is 2.60. The number of hydrogen-bond donors (Lipinski definition) is 1. The van der Waals surface area contributed by atoms with Crippen LogP contribution in [-0.4, -0.2) is 29.0 Å². The van der Waals surface area contributed by atoms with Gasteiger partial charge in [0, 0.05) is 18.0 Å². The van der Waals surface area contributed by atoms with E-state index in [1.54, 1.807) is 24.5 Å². The molecule has 0 aliphatic heterocycles. The van der Waals surface area contributed by atoms with Gasteiger partial charge >= 0.3 is 5.97 Å². The fraction of sp³-hybridized carbons (Fsp3) is 0.667.